The number of aliphatic imine (C=N–C) groups is 1. The summed E-state index contributed by atoms with van der Waals surface area (Å²) < 4.78 is 4.81. The van der Waals surface area contributed by atoms with Crippen LogP contribution in [0.5, 0.6) is 0 Å². The minimum absolute atomic E-state index is 0.0550. The van der Waals surface area contributed by atoms with E-state index in [0.717, 1.165) is 0 Å². The molecule has 1 saturated carbocycles. The predicted octanol–water partition coefficient (Wildman–Crippen LogP) is -0.644. The lowest BCUT2D eigenvalue weighted by atomic mass is 10.3. The standard InChI is InChI=1S/C7H13N3O2/c1-2-12-5(11)7(3-4-7)10-6(8)9/h2-4H2,1H3,(H4,8,9,10). The molecule has 0 unspecified atom stereocenters. The maximum Gasteiger partial charge on any atom is 0.334 e. The van der Waals surface area contributed by atoms with E-state index in [1.54, 1.807) is 6.92 Å². The molecule has 1 aliphatic rings. The molecule has 1 fully saturated rings. The molecule has 0 bridgehead atoms. The molecule has 4 N–H and O–H groups in total. The number of guanidine groups is 1. The zero-order valence-electron chi connectivity index (χ0n) is 7.04. The van der Waals surface area contributed by atoms with Gasteiger partial charge in [0.05, 0.1) is 6.61 Å². The van der Waals surface area contributed by atoms with Gasteiger partial charge in [0.15, 0.2) is 11.5 Å². The fraction of sp³-hybridized carbons (Fsp3) is 0.714. The first-order chi connectivity index (χ1) is 5.60. The van der Waals surface area contributed by atoms with Gasteiger partial charge in [0.25, 0.3) is 0 Å². The molecule has 0 amide bonds. The van der Waals surface area contributed by atoms with E-state index < -0.39 is 5.54 Å². The van der Waals surface area contributed by atoms with E-state index in [1.165, 1.54) is 0 Å². The van der Waals surface area contributed by atoms with E-state index >= 15 is 0 Å². The van der Waals surface area contributed by atoms with E-state index in [9.17, 15) is 4.79 Å². The minimum Gasteiger partial charge on any atom is -0.464 e. The van der Waals surface area contributed by atoms with Crippen molar-refractivity contribution < 1.29 is 9.53 Å². The Balaban J connectivity index is 2.60. The van der Waals surface area contributed by atoms with Crippen molar-refractivity contribution in [1.29, 1.82) is 0 Å². The second-order valence-corrected chi connectivity index (χ2v) is 2.79. The molecule has 0 aromatic carbocycles. The van der Waals surface area contributed by atoms with Crippen molar-refractivity contribution in [2.45, 2.75) is 25.3 Å². The summed E-state index contributed by atoms with van der Waals surface area (Å²) in [5.74, 6) is -0.376. The van der Waals surface area contributed by atoms with Crippen LogP contribution < -0.4 is 11.5 Å². The molecular formula is C7H13N3O2. The maximum absolute atomic E-state index is 11.2. The van der Waals surface area contributed by atoms with Crippen molar-refractivity contribution in [3.63, 3.8) is 0 Å². The van der Waals surface area contributed by atoms with Crippen molar-refractivity contribution >= 4 is 11.9 Å². The van der Waals surface area contributed by atoms with Crippen molar-refractivity contribution in [2.24, 2.45) is 16.5 Å². The van der Waals surface area contributed by atoms with Crippen LogP contribution in [-0.2, 0) is 9.53 Å². The van der Waals surface area contributed by atoms with Crippen LogP contribution in [0.25, 0.3) is 0 Å². The number of hydrogen-bond donors (Lipinski definition) is 2. The van der Waals surface area contributed by atoms with Gasteiger partial charge in [-0.25, -0.2) is 9.79 Å². The Bertz CT molecular complexity index is 217. The van der Waals surface area contributed by atoms with E-state index in [0.29, 0.717) is 19.4 Å². The topological polar surface area (TPSA) is 90.7 Å². The van der Waals surface area contributed by atoms with Gasteiger partial charge in [-0.3, -0.25) is 0 Å². The third-order valence-electron chi connectivity index (χ3n) is 1.72. The number of carbonyl (C=O) groups excluding carboxylic acids is 1. The lowest BCUT2D eigenvalue weighted by molar-refractivity contribution is -0.145. The molecule has 0 spiro atoms. The molecule has 0 radical (unpaired) electrons. The van der Waals surface area contributed by atoms with Gasteiger partial charge in [0, 0.05) is 0 Å². The van der Waals surface area contributed by atoms with Gasteiger partial charge in [-0.2, -0.15) is 0 Å². The molecule has 0 atom stereocenters. The van der Waals surface area contributed by atoms with Gasteiger partial charge in [0.1, 0.15) is 0 Å². The third-order valence-corrected chi connectivity index (χ3v) is 1.72. The number of ether oxygens (including phenoxy) is 1. The molecule has 0 aromatic rings. The summed E-state index contributed by atoms with van der Waals surface area (Å²) >= 11 is 0. The molecule has 12 heavy (non-hydrogen) atoms. The Kier molecular flexibility index (Phi) is 2.21. The van der Waals surface area contributed by atoms with E-state index in [4.69, 9.17) is 16.2 Å². The fourth-order valence-electron chi connectivity index (χ4n) is 0.993. The van der Waals surface area contributed by atoms with Crippen LogP contribution >= 0.6 is 0 Å². The van der Waals surface area contributed by atoms with Gasteiger partial charge in [0.2, 0.25) is 0 Å². The fourth-order valence-corrected chi connectivity index (χ4v) is 0.993. The Morgan fingerprint density at radius 1 is 1.58 bits per heavy atom. The van der Waals surface area contributed by atoms with Crippen molar-refractivity contribution in [1.82, 2.24) is 0 Å². The first-order valence-electron chi connectivity index (χ1n) is 3.89. The highest BCUT2D eigenvalue weighted by Gasteiger charge is 2.51. The molecule has 0 aliphatic heterocycles. The second-order valence-electron chi connectivity index (χ2n) is 2.79. The van der Waals surface area contributed by atoms with Crippen molar-refractivity contribution in [3.05, 3.63) is 0 Å². The average molecular weight is 171 g/mol. The highest BCUT2D eigenvalue weighted by atomic mass is 16.5. The smallest absolute Gasteiger partial charge is 0.334 e. The summed E-state index contributed by atoms with van der Waals surface area (Å²) in [5, 5.41) is 0. The Morgan fingerprint density at radius 2 is 2.17 bits per heavy atom. The Hall–Kier alpha value is -1.26. The van der Waals surface area contributed by atoms with Crippen LogP contribution in [0.3, 0.4) is 0 Å². The first-order valence-corrected chi connectivity index (χ1v) is 3.89. The number of nitrogens with two attached hydrogens (primary N) is 2. The quantitative estimate of drug-likeness (QED) is 0.335. The maximum atomic E-state index is 11.2. The van der Waals surface area contributed by atoms with Crippen molar-refractivity contribution in [3.8, 4) is 0 Å². The first kappa shape index (κ1) is 8.83. The zero-order valence-corrected chi connectivity index (χ0v) is 7.04. The van der Waals surface area contributed by atoms with Crippen LogP contribution in [0.2, 0.25) is 0 Å². The summed E-state index contributed by atoms with van der Waals surface area (Å²) in [7, 11) is 0. The molecule has 5 nitrogen and oxygen atoms in total. The van der Waals surface area contributed by atoms with Crippen LogP contribution in [0, 0.1) is 0 Å². The van der Waals surface area contributed by atoms with Gasteiger partial charge in [-0.05, 0) is 19.8 Å². The van der Waals surface area contributed by atoms with Gasteiger partial charge in [-0.15, -0.1) is 0 Å². The average Bonchev–Trinajstić information content (AvgIpc) is 2.69. The van der Waals surface area contributed by atoms with Gasteiger partial charge < -0.3 is 16.2 Å². The predicted molar refractivity (Wildman–Crippen MR) is 44.4 cm³/mol. The number of hydrogen-bond acceptors (Lipinski definition) is 3. The number of esters is 1. The monoisotopic (exact) mass is 171 g/mol. The van der Waals surface area contributed by atoms with E-state index in [1.807, 2.05) is 0 Å². The van der Waals surface area contributed by atoms with Gasteiger partial charge in [-0.1, -0.05) is 0 Å². The van der Waals surface area contributed by atoms with Crippen molar-refractivity contribution in [2.75, 3.05) is 6.61 Å². The zero-order chi connectivity index (χ0) is 9.19. The highest BCUT2D eigenvalue weighted by molar-refractivity contribution is 5.88. The summed E-state index contributed by atoms with van der Waals surface area (Å²) in [6.07, 6.45) is 1.37. The highest BCUT2D eigenvalue weighted by Crippen LogP contribution is 2.40. The van der Waals surface area contributed by atoms with Crippen LogP contribution in [0.4, 0.5) is 0 Å². The lowest BCUT2D eigenvalue weighted by Crippen LogP contribution is -2.31. The summed E-state index contributed by atoms with van der Waals surface area (Å²) in [4.78, 5) is 15.1. The molecule has 1 aliphatic carbocycles. The Labute approximate surface area is 70.8 Å². The second kappa shape index (κ2) is 3.00. The Morgan fingerprint density at radius 3 is 2.50 bits per heavy atom. The molecule has 5 heteroatoms. The van der Waals surface area contributed by atoms with Crippen LogP contribution in [0.15, 0.2) is 4.99 Å². The molecule has 0 aromatic heterocycles. The summed E-state index contributed by atoms with van der Waals surface area (Å²) in [6.45, 7) is 2.12. The molecule has 0 saturated heterocycles. The van der Waals surface area contributed by atoms with Crippen LogP contribution in [-0.4, -0.2) is 24.1 Å². The molecule has 1 rings (SSSR count). The molecular weight excluding hydrogens is 158 g/mol. The number of rotatable bonds is 3. The normalized spacial score (nSPS) is 18.1. The van der Waals surface area contributed by atoms with E-state index in [2.05, 4.69) is 4.99 Å². The summed E-state index contributed by atoms with van der Waals surface area (Å²) in [5.41, 5.74) is 9.60. The SMILES string of the molecule is CCOC(=O)C1(N=C(N)N)CC1. The van der Waals surface area contributed by atoms with E-state index in [-0.39, 0.29) is 11.9 Å². The van der Waals surface area contributed by atoms with Gasteiger partial charge >= 0.3 is 5.97 Å². The number of nitrogens with zero attached hydrogens (tertiary/aromatic N) is 1. The lowest BCUT2D eigenvalue weighted by Gasteiger charge is -2.08. The summed E-state index contributed by atoms with van der Waals surface area (Å²) in [6, 6.07) is 0. The minimum atomic E-state index is -0.741. The van der Waals surface area contributed by atoms with Crippen LogP contribution in [0.1, 0.15) is 19.8 Å². The molecule has 68 valence electrons. The number of carbonyl (C=O) groups is 1. The largest absolute Gasteiger partial charge is 0.464 e. The third kappa shape index (κ3) is 1.66. The molecule has 0 heterocycles.